The second-order valence-corrected chi connectivity index (χ2v) is 9.84. The summed E-state index contributed by atoms with van der Waals surface area (Å²) in [5.74, 6) is -1.04. The molecule has 3 heterocycles. The van der Waals surface area contributed by atoms with Crippen LogP contribution in [-0.2, 0) is 17.8 Å². The molecule has 5 rings (SSSR count). The number of carbonyl (C=O) groups excluding carboxylic acids is 2. The Morgan fingerprint density at radius 1 is 0.925 bits per heavy atom. The Morgan fingerprint density at radius 2 is 1.62 bits per heavy atom. The molecule has 40 heavy (non-hydrogen) atoms. The molecule has 2 unspecified atom stereocenters. The van der Waals surface area contributed by atoms with Gasteiger partial charge in [0.1, 0.15) is 0 Å². The summed E-state index contributed by atoms with van der Waals surface area (Å²) in [6, 6.07) is 24.0. The minimum atomic E-state index is -1.55. The van der Waals surface area contributed by atoms with Crippen molar-refractivity contribution in [3.05, 3.63) is 108 Å². The van der Waals surface area contributed by atoms with Crippen LogP contribution in [-0.4, -0.2) is 74.9 Å². The summed E-state index contributed by atoms with van der Waals surface area (Å²) in [6.45, 7) is 4.41. The first kappa shape index (κ1) is 27.0. The molecule has 0 spiro atoms. The molecule has 10 heteroatoms. The third-order valence-electron chi connectivity index (χ3n) is 7.06. The molecule has 2 aromatic heterocycles. The summed E-state index contributed by atoms with van der Waals surface area (Å²) in [5.41, 5.74) is 8.59. The second kappa shape index (κ2) is 12.5. The smallest absolute Gasteiger partial charge is 0.255 e. The van der Waals surface area contributed by atoms with E-state index < -0.39 is 24.0 Å². The molecule has 1 aliphatic heterocycles. The van der Waals surface area contributed by atoms with Crippen molar-refractivity contribution < 1.29 is 14.7 Å². The monoisotopic (exact) mass is 539 g/mol. The maximum absolute atomic E-state index is 13.4. The van der Waals surface area contributed by atoms with Crippen LogP contribution in [0.1, 0.15) is 21.6 Å². The second-order valence-electron chi connectivity index (χ2n) is 9.84. The maximum atomic E-state index is 13.4. The van der Waals surface area contributed by atoms with Crippen molar-refractivity contribution >= 4 is 17.5 Å². The van der Waals surface area contributed by atoms with Crippen molar-refractivity contribution in [3.8, 4) is 5.82 Å². The average molecular weight is 540 g/mol. The Morgan fingerprint density at radius 3 is 2.33 bits per heavy atom. The average Bonchev–Trinajstić information content (AvgIpc) is 3.46. The molecule has 206 valence electrons. The molecule has 10 nitrogen and oxygen atoms in total. The van der Waals surface area contributed by atoms with Crippen LogP contribution in [0.5, 0.6) is 0 Å². The fourth-order valence-electron chi connectivity index (χ4n) is 4.91. The van der Waals surface area contributed by atoms with E-state index in [0.29, 0.717) is 12.4 Å². The zero-order valence-corrected chi connectivity index (χ0v) is 22.1. The molecule has 1 saturated heterocycles. The number of aliphatic hydroxyl groups excluding tert-OH is 1. The third kappa shape index (κ3) is 6.53. The molecular weight excluding hydrogens is 506 g/mol. The van der Waals surface area contributed by atoms with Crippen LogP contribution in [0.3, 0.4) is 0 Å². The SMILES string of the molecule is NC(=O)C(O)C(Cc1ccccc1)NC(=O)c1cccnc1-n1ccc(CN2CCN(c3ccccc3)CC2)n1. The van der Waals surface area contributed by atoms with E-state index in [1.54, 1.807) is 29.2 Å². The number of piperazine rings is 1. The number of aromatic nitrogens is 3. The number of nitrogens with one attached hydrogen (secondary N) is 1. The molecule has 1 aliphatic rings. The van der Waals surface area contributed by atoms with Gasteiger partial charge in [0.25, 0.3) is 5.91 Å². The number of carbonyl (C=O) groups is 2. The van der Waals surface area contributed by atoms with Gasteiger partial charge in [-0.2, -0.15) is 5.10 Å². The lowest BCUT2D eigenvalue weighted by atomic mass is 10.0. The van der Waals surface area contributed by atoms with Crippen molar-refractivity contribution in [1.29, 1.82) is 0 Å². The fraction of sp³-hybridized carbons (Fsp3) is 0.267. The number of amides is 2. The van der Waals surface area contributed by atoms with Crippen LogP contribution in [0.4, 0.5) is 5.69 Å². The lowest BCUT2D eigenvalue weighted by Gasteiger charge is -2.35. The molecule has 4 N–H and O–H groups in total. The quantitative estimate of drug-likeness (QED) is 0.280. The summed E-state index contributed by atoms with van der Waals surface area (Å²) in [6.07, 6.45) is 2.06. The standard InChI is InChI=1S/C30H33N7O3/c31-28(39)27(38)26(20-22-8-3-1-4-9-22)33-30(40)25-12-7-14-32-29(25)37-15-13-23(34-37)21-35-16-18-36(19-17-35)24-10-5-2-6-11-24/h1-15,26-27,38H,16-21H2,(H2,31,39)(H,33,40). The predicted molar refractivity (Wildman–Crippen MR) is 152 cm³/mol. The van der Waals surface area contributed by atoms with Gasteiger partial charge >= 0.3 is 0 Å². The van der Waals surface area contributed by atoms with E-state index in [-0.39, 0.29) is 12.0 Å². The molecule has 2 atom stereocenters. The molecular formula is C30H33N7O3. The van der Waals surface area contributed by atoms with E-state index in [9.17, 15) is 14.7 Å². The van der Waals surface area contributed by atoms with Gasteiger partial charge in [-0.1, -0.05) is 48.5 Å². The van der Waals surface area contributed by atoms with Gasteiger partial charge < -0.3 is 21.1 Å². The van der Waals surface area contributed by atoms with E-state index in [1.165, 1.54) is 5.69 Å². The molecule has 0 aliphatic carbocycles. The van der Waals surface area contributed by atoms with Gasteiger partial charge in [-0.15, -0.1) is 0 Å². The van der Waals surface area contributed by atoms with E-state index in [2.05, 4.69) is 44.4 Å². The fourth-order valence-corrected chi connectivity index (χ4v) is 4.91. The number of nitrogens with zero attached hydrogens (tertiary/aromatic N) is 5. The normalized spacial score (nSPS) is 15.4. The van der Waals surface area contributed by atoms with E-state index in [4.69, 9.17) is 10.8 Å². The van der Waals surface area contributed by atoms with Crippen LogP contribution in [0, 0.1) is 0 Å². The lowest BCUT2D eigenvalue weighted by Crippen LogP contribution is -2.50. The number of anilines is 1. The Balaban J connectivity index is 1.26. The first-order valence-electron chi connectivity index (χ1n) is 13.3. The van der Waals surface area contributed by atoms with Crippen LogP contribution in [0.25, 0.3) is 5.82 Å². The van der Waals surface area contributed by atoms with E-state index >= 15 is 0 Å². The third-order valence-corrected chi connectivity index (χ3v) is 7.06. The van der Waals surface area contributed by atoms with Crippen LogP contribution in [0.2, 0.25) is 0 Å². The van der Waals surface area contributed by atoms with E-state index in [0.717, 1.165) is 37.4 Å². The Kier molecular flexibility index (Phi) is 8.48. The number of para-hydroxylation sites is 1. The minimum absolute atomic E-state index is 0.232. The van der Waals surface area contributed by atoms with Gasteiger partial charge in [0.05, 0.1) is 17.3 Å². The van der Waals surface area contributed by atoms with Gasteiger partial charge in [-0.3, -0.25) is 14.5 Å². The molecule has 0 radical (unpaired) electrons. The largest absolute Gasteiger partial charge is 0.381 e. The first-order chi connectivity index (χ1) is 19.5. The summed E-state index contributed by atoms with van der Waals surface area (Å²) in [5, 5.41) is 17.9. The van der Waals surface area contributed by atoms with E-state index in [1.807, 2.05) is 42.5 Å². The first-order valence-corrected chi connectivity index (χ1v) is 13.3. The summed E-state index contributed by atoms with van der Waals surface area (Å²) in [7, 11) is 0. The number of primary amides is 1. The highest BCUT2D eigenvalue weighted by atomic mass is 16.3. The van der Waals surface area contributed by atoms with Crippen LogP contribution >= 0.6 is 0 Å². The highest BCUT2D eigenvalue weighted by Gasteiger charge is 2.28. The van der Waals surface area contributed by atoms with Gasteiger partial charge in [0.15, 0.2) is 11.9 Å². The van der Waals surface area contributed by atoms with Crippen molar-refractivity contribution in [1.82, 2.24) is 25.0 Å². The van der Waals surface area contributed by atoms with Crippen molar-refractivity contribution in [2.75, 3.05) is 31.1 Å². The molecule has 2 amide bonds. The maximum Gasteiger partial charge on any atom is 0.255 e. The summed E-state index contributed by atoms with van der Waals surface area (Å²) < 4.78 is 1.58. The number of hydrogen-bond donors (Lipinski definition) is 3. The molecule has 2 aromatic carbocycles. The van der Waals surface area contributed by atoms with Gasteiger partial charge in [-0.05, 0) is 42.3 Å². The number of hydrogen-bond acceptors (Lipinski definition) is 7. The zero-order chi connectivity index (χ0) is 27.9. The van der Waals surface area contributed by atoms with Crippen molar-refractivity contribution in [2.24, 2.45) is 5.73 Å². The zero-order valence-electron chi connectivity index (χ0n) is 22.1. The summed E-state index contributed by atoms with van der Waals surface area (Å²) >= 11 is 0. The molecule has 4 aromatic rings. The van der Waals surface area contributed by atoms with Gasteiger partial charge in [-0.25, -0.2) is 9.67 Å². The number of pyridine rings is 1. The van der Waals surface area contributed by atoms with Crippen molar-refractivity contribution in [2.45, 2.75) is 25.1 Å². The highest BCUT2D eigenvalue weighted by Crippen LogP contribution is 2.18. The molecule has 1 fully saturated rings. The predicted octanol–water partition coefficient (Wildman–Crippen LogP) is 1.78. The number of aliphatic hydroxyl groups is 1. The molecule has 0 bridgehead atoms. The molecule has 0 saturated carbocycles. The topological polar surface area (TPSA) is 130 Å². The van der Waals surface area contributed by atoms with Crippen LogP contribution in [0.15, 0.2) is 91.3 Å². The number of benzene rings is 2. The Hall–Kier alpha value is -4.54. The Labute approximate surface area is 233 Å². The minimum Gasteiger partial charge on any atom is -0.381 e. The van der Waals surface area contributed by atoms with Crippen molar-refractivity contribution in [3.63, 3.8) is 0 Å². The van der Waals surface area contributed by atoms with Crippen LogP contribution < -0.4 is 16.0 Å². The van der Waals surface area contributed by atoms with Gasteiger partial charge in [0.2, 0.25) is 5.91 Å². The summed E-state index contributed by atoms with van der Waals surface area (Å²) in [4.78, 5) is 34.3. The number of nitrogens with two attached hydrogens (primary N) is 1. The Bertz CT molecular complexity index is 1420. The van der Waals surface area contributed by atoms with Gasteiger partial charge in [0, 0.05) is 50.8 Å². The highest BCUT2D eigenvalue weighted by molar-refractivity contribution is 5.97. The lowest BCUT2D eigenvalue weighted by molar-refractivity contribution is -0.127. The number of rotatable bonds is 10.